The van der Waals surface area contributed by atoms with Crippen molar-refractivity contribution in [3.8, 4) is 11.3 Å². The second-order valence-corrected chi connectivity index (χ2v) is 12.8. The largest absolute Gasteiger partial charge is 0.346 e. The molecule has 0 radical (unpaired) electrons. The molecule has 1 N–H and O–H groups in total. The molecule has 2 aromatic carbocycles. The van der Waals surface area contributed by atoms with Crippen LogP contribution >= 0.6 is 11.3 Å². The lowest BCUT2D eigenvalue weighted by molar-refractivity contribution is -0.123. The molecule has 7 heteroatoms. The summed E-state index contributed by atoms with van der Waals surface area (Å²) in [6, 6.07) is 18.8. The number of aromatic amines is 1. The third kappa shape index (κ3) is 5.86. The number of Topliss-reactive ketones (excluding diaryl/α,β-unsaturated/α-hetero) is 1. The van der Waals surface area contributed by atoms with Gasteiger partial charge in [-0.05, 0) is 94.9 Å². The third-order valence-electron chi connectivity index (χ3n) is 8.33. The van der Waals surface area contributed by atoms with Crippen LogP contribution in [-0.2, 0) is 27.8 Å². The van der Waals surface area contributed by atoms with Gasteiger partial charge in [0.2, 0.25) is 0 Å². The average Bonchev–Trinajstić information content (AvgIpc) is 3.51. The lowest BCUT2D eigenvalue weighted by atomic mass is 9.83. The molecule has 4 aromatic rings. The Kier molecular flexibility index (Phi) is 8.15. The Balaban J connectivity index is 1.44. The number of carbonyl (C=O) groups is 2. The van der Waals surface area contributed by atoms with Crippen LogP contribution in [0.15, 0.2) is 59.8 Å². The van der Waals surface area contributed by atoms with Crippen LogP contribution in [0.1, 0.15) is 53.8 Å². The van der Waals surface area contributed by atoms with Gasteiger partial charge in [0.05, 0.1) is 11.1 Å². The van der Waals surface area contributed by atoms with Crippen molar-refractivity contribution in [3.63, 3.8) is 0 Å². The summed E-state index contributed by atoms with van der Waals surface area (Å²) >= 11 is 1.68. The van der Waals surface area contributed by atoms with E-state index in [2.05, 4.69) is 53.2 Å². The second kappa shape index (κ2) is 11.6. The fourth-order valence-electron chi connectivity index (χ4n) is 5.85. The lowest BCUT2D eigenvalue weighted by Gasteiger charge is -2.30. The van der Waals surface area contributed by atoms with Crippen molar-refractivity contribution in [1.29, 1.82) is 0 Å². The number of rotatable bonds is 9. The Labute approximate surface area is 239 Å². The predicted molar refractivity (Wildman–Crippen MR) is 163 cm³/mol. The van der Waals surface area contributed by atoms with Crippen molar-refractivity contribution < 1.29 is 9.59 Å². The van der Waals surface area contributed by atoms with Gasteiger partial charge in [-0.3, -0.25) is 9.59 Å². The molecule has 3 heterocycles. The van der Waals surface area contributed by atoms with Crippen molar-refractivity contribution in [1.82, 2.24) is 9.88 Å². The fraction of sp³-hybridized carbons (Fsp3) is 0.394. The molecule has 0 unspecified atom stereocenters. The molecule has 1 aliphatic heterocycles. The van der Waals surface area contributed by atoms with Gasteiger partial charge in [0.15, 0.2) is 0 Å². The summed E-state index contributed by atoms with van der Waals surface area (Å²) in [6.07, 6.45) is 2.62. The smallest absolute Gasteiger partial charge is 0.289 e. The van der Waals surface area contributed by atoms with Crippen LogP contribution in [-0.4, -0.2) is 41.2 Å². The number of likely N-dealkylation sites (tertiary alicyclic amines) is 1. The van der Waals surface area contributed by atoms with E-state index >= 15 is 0 Å². The third-order valence-corrected chi connectivity index (χ3v) is 9.71. The van der Waals surface area contributed by atoms with Gasteiger partial charge in [0.1, 0.15) is 10.6 Å². The molecule has 0 spiro atoms. The topological polar surface area (TPSA) is 82.6 Å². The number of ketones is 1. The molecule has 1 amide bonds. The molecular weight excluding hydrogens is 518 g/mol. The van der Waals surface area contributed by atoms with Gasteiger partial charge in [0, 0.05) is 34.3 Å². The molecule has 0 saturated carbocycles. The normalized spacial score (nSPS) is 15.0. The Morgan fingerprint density at radius 1 is 1.02 bits per heavy atom. The van der Waals surface area contributed by atoms with Crippen molar-refractivity contribution in [3.05, 3.63) is 86.6 Å². The average molecular weight is 556 g/mol. The first-order valence-corrected chi connectivity index (χ1v) is 14.9. The van der Waals surface area contributed by atoms with E-state index in [1.54, 1.807) is 11.3 Å². The van der Waals surface area contributed by atoms with Gasteiger partial charge in [-0.2, -0.15) is 0 Å². The molecule has 0 bridgehead atoms. The minimum atomic E-state index is -0.598. The van der Waals surface area contributed by atoms with Crippen molar-refractivity contribution in [2.45, 2.75) is 58.8 Å². The quantitative estimate of drug-likeness (QED) is 0.222. The summed E-state index contributed by atoms with van der Waals surface area (Å²) in [6.45, 7) is 10.8. The highest BCUT2D eigenvalue weighted by Crippen LogP contribution is 2.41. The van der Waals surface area contributed by atoms with E-state index in [1.165, 1.54) is 27.6 Å². The minimum Gasteiger partial charge on any atom is -0.346 e. The van der Waals surface area contributed by atoms with Crippen LogP contribution < -0.4 is 0 Å². The molecule has 1 saturated heterocycles. The number of nitrogens with zero attached hydrogens (tertiary/aromatic N) is 2. The Morgan fingerprint density at radius 3 is 2.35 bits per heavy atom. The van der Waals surface area contributed by atoms with E-state index < -0.39 is 11.3 Å². The highest BCUT2D eigenvalue weighted by molar-refractivity contribution is 7.19. The number of hydrogen-bond donors (Lipinski definition) is 1. The second-order valence-electron chi connectivity index (χ2n) is 11.7. The van der Waals surface area contributed by atoms with Crippen LogP contribution in [0.25, 0.3) is 21.5 Å². The maximum atomic E-state index is 13.4. The van der Waals surface area contributed by atoms with Gasteiger partial charge in [-0.15, -0.1) is 16.2 Å². The van der Waals surface area contributed by atoms with E-state index in [1.807, 2.05) is 44.2 Å². The lowest BCUT2D eigenvalue weighted by Crippen LogP contribution is -2.37. The minimum absolute atomic E-state index is 0.209. The molecule has 6 nitrogen and oxygen atoms in total. The van der Waals surface area contributed by atoms with Crippen LogP contribution in [0.4, 0.5) is 0 Å². The SMILES string of the molecule is Cc1cc(C)cc(-c2[nH]c3sc(C(C)(C)C(=O)Cc4ccccc4)cc3c2CCN2CCC(C(=O)N=O)CC2)c1. The molecular formula is C33H37N3O3S. The first-order chi connectivity index (χ1) is 19.2. The highest BCUT2D eigenvalue weighted by atomic mass is 32.1. The Bertz CT molecular complexity index is 1520. The van der Waals surface area contributed by atoms with Crippen molar-refractivity contribution in [2.75, 3.05) is 19.6 Å². The molecule has 208 valence electrons. The zero-order valence-electron chi connectivity index (χ0n) is 23.8. The van der Waals surface area contributed by atoms with Crippen molar-refractivity contribution in [2.24, 2.45) is 11.1 Å². The highest BCUT2D eigenvalue weighted by Gasteiger charge is 2.33. The number of aryl methyl sites for hydroxylation is 2. The molecule has 5 rings (SSSR count). The van der Waals surface area contributed by atoms with E-state index in [9.17, 15) is 14.5 Å². The van der Waals surface area contributed by atoms with Gasteiger partial charge in [0.25, 0.3) is 5.91 Å². The van der Waals surface area contributed by atoms with E-state index in [-0.39, 0.29) is 11.7 Å². The van der Waals surface area contributed by atoms with Crippen LogP contribution in [0.3, 0.4) is 0 Å². The van der Waals surface area contributed by atoms with Crippen LogP contribution in [0, 0.1) is 24.7 Å². The van der Waals surface area contributed by atoms with E-state index in [4.69, 9.17) is 0 Å². The molecule has 0 aliphatic carbocycles. The number of amides is 1. The summed E-state index contributed by atoms with van der Waals surface area (Å²) in [5.41, 5.74) is 6.47. The van der Waals surface area contributed by atoms with E-state index in [0.717, 1.165) is 47.0 Å². The first kappa shape index (κ1) is 28.1. The molecule has 40 heavy (non-hydrogen) atoms. The number of nitroso groups, excluding NO2 is 1. The summed E-state index contributed by atoms with van der Waals surface area (Å²) in [4.78, 5) is 44.1. The van der Waals surface area contributed by atoms with Gasteiger partial charge < -0.3 is 9.88 Å². The molecule has 1 fully saturated rings. The number of H-pyrrole nitrogens is 1. The van der Waals surface area contributed by atoms with Crippen LogP contribution in [0.5, 0.6) is 0 Å². The summed E-state index contributed by atoms with van der Waals surface area (Å²) in [7, 11) is 0. The van der Waals surface area contributed by atoms with Crippen LogP contribution in [0.2, 0.25) is 0 Å². The number of hydrogen-bond acceptors (Lipinski definition) is 5. The zero-order valence-corrected chi connectivity index (χ0v) is 24.6. The van der Waals surface area contributed by atoms with Crippen molar-refractivity contribution >= 4 is 33.2 Å². The summed E-state index contributed by atoms with van der Waals surface area (Å²) in [5, 5.41) is 3.83. The maximum Gasteiger partial charge on any atom is 0.289 e. The number of thiophene rings is 1. The number of carbonyl (C=O) groups excluding carboxylic acids is 2. The monoisotopic (exact) mass is 555 g/mol. The fourth-order valence-corrected chi connectivity index (χ4v) is 7.06. The van der Waals surface area contributed by atoms with Gasteiger partial charge in [-0.1, -0.05) is 47.5 Å². The number of fused-ring (bicyclic) bond motifs is 1. The summed E-state index contributed by atoms with van der Waals surface area (Å²) in [5.74, 6) is -0.547. The summed E-state index contributed by atoms with van der Waals surface area (Å²) < 4.78 is 0. The van der Waals surface area contributed by atoms with Gasteiger partial charge >= 0.3 is 0 Å². The number of nitrogens with one attached hydrogen (secondary N) is 1. The predicted octanol–water partition coefficient (Wildman–Crippen LogP) is 7.15. The first-order valence-electron chi connectivity index (χ1n) is 14.1. The Morgan fingerprint density at radius 2 is 1.70 bits per heavy atom. The number of benzene rings is 2. The molecule has 2 aromatic heterocycles. The molecule has 0 atom stereocenters. The Hall–Kier alpha value is -3.42. The molecule has 1 aliphatic rings. The maximum absolute atomic E-state index is 13.4. The standard InChI is InChI=1S/C33H37N3O3S/c1-21-16-22(2)18-25(17-21)30-26(12-15-36-13-10-24(11-14-36)31(38)35-39)27-20-29(40-32(27)34-30)33(3,4)28(37)19-23-8-6-5-7-9-23/h5-9,16-18,20,24,34H,10-15,19H2,1-4H3. The number of piperidine rings is 1. The van der Waals surface area contributed by atoms with Gasteiger partial charge in [-0.25, -0.2) is 0 Å². The van der Waals surface area contributed by atoms with E-state index in [0.29, 0.717) is 19.3 Å². The number of aromatic nitrogens is 1. The zero-order chi connectivity index (χ0) is 28.4.